The first kappa shape index (κ1) is 29.0. The lowest BCUT2D eigenvalue weighted by Crippen LogP contribution is -1.91. The predicted molar refractivity (Wildman–Crippen MR) is 197 cm³/mol. The molecule has 1 aliphatic carbocycles. The highest BCUT2D eigenvalue weighted by atomic mass is 79.9. The second-order valence-electron chi connectivity index (χ2n) is 12.1. The van der Waals surface area contributed by atoms with Crippen molar-refractivity contribution in [2.45, 2.75) is 26.7 Å². The van der Waals surface area contributed by atoms with Crippen LogP contribution in [0, 0.1) is 13.8 Å². The summed E-state index contributed by atoms with van der Waals surface area (Å²) in [7, 11) is 0. The molecule has 218 valence electrons. The van der Waals surface area contributed by atoms with Crippen LogP contribution in [0.4, 0.5) is 0 Å². The van der Waals surface area contributed by atoms with E-state index < -0.39 is 0 Å². The monoisotopic (exact) mass is 642 g/mol. The Balaban J connectivity index is 1.37. The average molecular weight is 644 g/mol. The van der Waals surface area contributed by atoms with Crippen LogP contribution in [0.2, 0.25) is 0 Å². The first-order valence-electron chi connectivity index (χ1n) is 15.7. The van der Waals surface area contributed by atoms with E-state index in [-0.39, 0.29) is 0 Å². The third-order valence-electron chi connectivity index (χ3n) is 8.66. The first-order valence-corrected chi connectivity index (χ1v) is 16.4. The van der Waals surface area contributed by atoms with Crippen LogP contribution < -0.4 is 0 Å². The average Bonchev–Trinajstić information content (AvgIpc) is 3.08. The standard InChI is InChI=1S/C44H35Br/c1-30-9-3-11-32(21-30)34-13-5-16-37(23-34)41-26-42(38-17-6-14-35(24-38)33-12-4-10-31(2)22-33)28-43(27-41)39-18-7-15-36(25-39)40-19-8-20-44(45)29-40/h3-7,9-18,20-29H,8,19H2,1-2H3. The Morgan fingerprint density at radius 2 is 0.733 bits per heavy atom. The van der Waals surface area contributed by atoms with E-state index in [9.17, 15) is 0 Å². The minimum atomic E-state index is 1.06. The van der Waals surface area contributed by atoms with Gasteiger partial charge in [0.2, 0.25) is 0 Å². The van der Waals surface area contributed by atoms with E-state index in [0.29, 0.717) is 0 Å². The summed E-state index contributed by atoms with van der Waals surface area (Å²) in [6.45, 7) is 4.31. The lowest BCUT2D eigenvalue weighted by molar-refractivity contribution is 1.05. The zero-order valence-corrected chi connectivity index (χ0v) is 27.3. The quantitative estimate of drug-likeness (QED) is 0.169. The van der Waals surface area contributed by atoms with Crippen molar-refractivity contribution in [2.75, 3.05) is 0 Å². The van der Waals surface area contributed by atoms with Crippen molar-refractivity contribution in [1.82, 2.24) is 0 Å². The number of hydrogen-bond donors (Lipinski definition) is 0. The summed E-state index contributed by atoms with van der Waals surface area (Å²) in [6.07, 6.45) is 6.63. The Morgan fingerprint density at radius 3 is 1.16 bits per heavy atom. The molecule has 0 saturated carbocycles. The highest BCUT2D eigenvalue weighted by Gasteiger charge is 2.12. The van der Waals surface area contributed by atoms with E-state index in [1.165, 1.54) is 82.4 Å². The van der Waals surface area contributed by atoms with Gasteiger partial charge in [-0.2, -0.15) is 0 Å². The van der Waals surface area contributed by atoms with Crippen LogP contribution in [0.5, 0.6) is 0 Å². The zero-order chi connectivity index (χ0) is 30.8. The highest BCUT2D eigenvalue weighted by molar-refractivity contribution is 9.11. The molecule has 0 spiro atoms. The summed E-state index contributed by atoms with van der Waals surface area (Å²) in [5, 5.41) is 0. The first-order chi connectivity index (χ1) is 22.0. The van der Waals surface area contributed by atoms with Crippen molar-refractivity contribution in [2.24, 2.45) is 0 Å². The molecule has 0 aromatic heterocycles. The predicted octanol–water partition coefficient (Wildman–Crippen LogP) is 13.1. The number of halogens is 1. The summed E-state index contributed by atoms with van der Waals surface area (Å²) >= 11 is 3.70. The maximum atomic E-state index is 3.70. The molecule has 0 nitrogen and oxygen atoms in total. The number of benzene rings is 6. The van der Waals surface area contributed by atoms with Gasteiger partial charge in [0.25, 0.3) is 0 Å². The minimum Gasteiger partial charge on any atom is -0.0699 e. The fraction of sp³-hybridized carbons (Fsp3) is 0.0909. The third kappa shape index (κ3) is 6.55. The Hall–Kier alpha value is -4.72. The molecule has 0 N–H and O–H groups in total. The van der Waals surface area contributed by atoms with Crippen LogP contribution >= 0.6 is 15.9 Å². The molecule has 45 heavy (non-hydrogen) atoms. The molecule has 1 heteroatoms. The van der Waals surface area contributed by atoms with E-state index in [4.69, 9.17) is 0 Å². The maximum absolute atomic E-state index is 3.70. The molecule has 0 bridgehead atoms. The molecule has 0 atom stereocenters. The van der Waals surface area contributed by atoms with E-state index in [1.807, 2.05) is 0 Å². The number of allylic oxidation sites excluding steroid dienone is 4. The van der Waals surface area contributed by atoms with Crippen LogP contribution in [0.3, 0.4) is 0 Å². The molecule has 0 saturated heterocycles. The molecule has 7 rings (SSSR count). The normalized spacial score (nSPS) is 12.9. The van der Waals surface area contributed by atoms with E-state index in [0.717, 1.165) is 12.8 Å². The third-order valence-corrected chi connectivity index (χ3v) is 9.21. The minimum absolute atomic E-state index is 1.06. The Labute approximate surface area is 275 Å². The van der Waals surface area contributed by atoms with Crippen LogP contribution in [0.1, 0.15) is 29.5 Å². The largest absolute Gasteiger partial charge is 0.0699 e. The molecular formula is C44H35Br. The molecule has 0 amide bonds. The highest BCUT2D eigenvalue weighted by Crippen LogP contribution is 2.37. The SMILES string of the molecule is Cc1cccc(-c2cccc(-c3cc(-c4cccc(C5=CC(Br)=CCC5)c4)cc(-c4cccc(-c5cccc(C)c5)c4)c3)c2)c1. The van der Waals surface area contributed by atoms with Crippen molar-refractivity contribution in [3.8, 4) is 55.6 Å². The lowest BCUT2D eigenvalue weighted by Gasteiger charge is -2.15. The van der Waals surface area contributed by atoms with Gasteiger partial charge in [-0.3, -0.25) is 0 Å². The van der Waals surface area contributed by atoms with E-state index in [1.54, 1.807) is 0 Å². The Kier molecular flexibility index (Phi) is 8.20. The van der Waals surface area contributed by atoms with Gasteiger partial charge in [0.05, 0.1) is 0 Å². The number of aryl methyl sites for hydroxylation is 2. The molecule has 0 unspecified atom stereocenters. The number of hydrogen-bond acceptors (Lipinski definition) is 0. The molecular weight excluding hydrogens is 608 g/mol. The van der Waals surface area contributed by atoms with Crippen LogP contribution in [0.15, 0.2) is 156 Å². The molecule has 6 aromatic carbocycles. The fourth-order valence-corrected chi connectivity index (χ4v) is 6.83. The van der Waals surface area contributed by atoms with Gasteiger partial charge >= 0.3 is 0 Å². The summed E-state index contributed by atoms with van der Waals surface area (Å²) in [5.74, 6) is 0. The Morgan fingerprint density at radius 1 is 0.400 bits per heavy atom. The lowest BCUT2D eigenvalue weighted by atomic mass is 9.89. The van der Waals surface area contributed by atoms with Gasteiger partial charge in [0.1, 0.15) is 0 Å². The molecule has 0 aliphatic heterocycles. The van der Waals surface area contributed by atoms with Crippen molar-refractivity contribution in [3.63, 3.8) is 0 Å². The number of rotatable bonds is 6. The molecule has 6 aromatic rings. The van der Waals surface area contributed by atoms with Crippen LogP contribution in [0.25, 0.3) is 61.2 Å². The van der Waals surface area contributed by atoms with Crippen LogP contribution in [-0.4, -0.2) is 0 Å². The maximum Gasteiger partial charge on any atom is 0.0138 e. The summed E-state index contributed by atoms with van der Waals surface area (Å²) in [6, 6.07) is 51.5. The van der Waals surface area contributed by atoms with Crippen molar-refractivity contribution in [3.05, 3.63) is 173 Å². The van der Waals surface area contributed by atoms with Gasteiger partial charge in [-0.1, -0.05) is 136 Å². The van der Waals surface area contributed by atoms with Gasteiger partial charge in [-0.15, -0.1) is 0 Å². The molecule has 1 aliphatic rings. The van der Waals surface area contributed by atoms with Crippen LogP contribution in [-0.2, 0) is 0 Å². The van der Waals surface area contributed by atoms with Crippen molar-refractivity contribution >= 4 is 21.5 Å². The molecule has 0 fully saturated rings. The van der Waals surface area contributed by atoms with Crippen molar-refractivity contribution < 1.29 is 0 Å². The molecule has 0 heterocycles. The van der Waals surface area contributed by atoms with E-state index in [2.05, 4.69) is 181 Å². The smallest absolute Gasteiger partial charge is 0.0138 e. The van der Waals surface area contributed by atoms with Gasteiger partial charge < -0.3 is 0 Å². The van der Waals surface area contributed by atoms with E-state index >= 15 is 0 Å². The van der Waals surface area contributed by atoms with Gasteiger partial charge in [0.15, 0.2) is 0 Å². The Bertz CT molecular complexity index is 1980. The second-order valence-corrected chi connectivity index (χ2v) is 13.0. The summed E-state index contributed by atoms with van der Waals surface area (Å²) < 4.78 is 1.17. The fourth-order valence-electron chi connectivity index (χ4n) is 6.32. The van der Waals surface area contributed by atoms with Gasteiger partial charge in [-0.25, -0.2) is 0 Å². The topological polar surface area (TPSA) is 0 Å². The molecule has 0 radical (unpaired) electrons. The van der Waals surface area contributed by atoms with Gasteiger partial charge in [-0.05, 0) is 136 Å². The van der Waals surface area contributed by atoms with Gasteiger partial charge in [0, 0.05) is 4.48 Å². The second kappa shape index (κ2) is 12.7. The van der Waals surface area contributed by atoms with Crippen molar-refractivity contribution in [1.29, 1.82) is 0 Å². The summed E-state index contributed by atoms with van der Waals surface area (Å²) in [4.78, 5) is 0. The zero-order valence-electron chi connectivity index (χ0n) is 25.7. The summed E-state index contributed by atoms with van der Waals surface area (Å²) in [5.41, 5.74) is 17.5.